The Kier molecular flexibility index (Phi) is 6.34. The molecule has 0 atom stereocenters. The lowest BCUT2D eigenvalue weighted by Gasteiger charge is -2.25. The zero-order valence-electron chi connectivity index (χ0n) is 15.8. The topological polar surface area (TPSA) is 0 Å². The van der Waals surface area contributed by atoms with Crippen molar-refractivity contribution >= 4 is 54.5 Å². The fourth-order valence-electron chi connectivity index (χ4n) is 5.10. The van der Waals surface area contributed by atoms with Crippen LogP contribution < -0.4 is 0 Å². The number of hydrogen-bond donors (Lipinski definition) is 0. The molecule has 2 aromatic heterocycles. The van der Waals surface area contributed by atoms with E-state index in [9.17, 15) is 0 Å². The van der Waals surface area contributed by atoms with E-state index in [1.165, 1.54) is 82.9 Å². The first-order valence-electron chi connectivity index (χ1n) is 10.2. The van der Waals surface area contributed by atoms with Gasteiger partial charge in [0.2, 0.25) is 0 Å². The van der Waals surface area contributed by atoms with Crippen molar-refractivity contribution in [2.45, 2.75) is 89.9 Å². The van der Waals surface area contributed by atoms with Crippen LogP contribution in [-0.2, 0) is 0 Å². The van der Waals surface area contributed by atoms with Gasteiger partial charge in [-0.25, -0.2) is 0 Å². The Morgan fingerprint density at radius 2 is 0.962 bits per heavy atom. The van der Waals surface area contributed by atoms with E-state index >= 15 is 0 Å². The van der Waals surface area contributed by atoms with E-state index in [-0.39, 0.29) is 0 Å². The zero-order chi connectivity index (χ0) is 18.3. The zero-order valence-corrected chi connectivity index (χ0v) is 20.6. The summed E-state index contributed by atoms with van der Waals surface area (Å²) in [5.41, 5.74) is 6.36. The maximum absolute atomic E-state index is 3.89. The molecular weight excluding hydrogens is 488 g/mol. The Bertz CT molecular complexity index is 708. The number of halogens is 2. The van der Waals surface area contributed by atoms with E-state index in [2.05, 4.69) is 45.7 Å². The molecule has 0 N–H and O–H groups in total. The van der Waals surface area contributed by atoms with E-state index in [1.807, 2.05) is 22.7 Å². The molecule has 26 heavy (non-hydrogen) atoms. The second-order valence-corrected chi connectivity index (χ2v) is 12.8. The summed E-state index contributed by atoms with van der Waals surface area (Å²) in [7, 11) is 0. The van der Waals surface area contributed by atoms with Crippen LogP contribution in [0.4, 0.5) is 0 Å². The van der Waals surface area contributed by atoms with Gasteiger partial charge in [-0.3, -0.25) is 0 Å². The molecule has 2 fully saturated rings. The average Bonchev–Trinajstić information content (AvgIpc) is 3.13. The Morgan fingerprint density at radius 3 is 1.31 bits per heavy atom. The molecule has 142 valence electrons. The maximum Gasteiger partial charge on any atom is 0.0737 e. The molecule has 2 aromatic rings. The molecule has 2 saturated carbocycles. The van der Waals surface area contributed by atoms with Crippen molar-refractivity contribution in [2.75, 3.05) is 0 Å². The molecule has 0 radical (unpaired) electrons. The highest BCUT2D eigenvalue weighted by Gasteiger charge is 2.30. The second-order valence-electron chi connectivity index (χ2n) is 8.16. The van der Waals surface area contributed by atoms with Gasteiger partial charge < -0.3 is 0 Å². The van der Waals surface area contributed by atoms with Crippen LogP contribution in [0.25, 0.3) is 9.75 Å². The first-order valence-corrected chi connectivity index (χ1v) is 13.4. The van der Waals surface area contributed by atoms with Crippen molar-refractivity contribution < 1.29 is 0 Å². The SMILES string of the molecule is Cc1c(Br)sc(-c2sc(Br)c(C)c2C2CCCCC2)c1C1CCCCC1. The van der Waals surface area contributed by atoms with Crippen LogP contribution in [0.2, 0.25) is 0 Å². The van der Waals surface area contributed by atoms with Crippen LogP contribution in [0, 0.1) is 13.8 Å². The van der Waals surface area contributed by atoms with Crippen molar-refractivity contribution in [3.05, 3.63) is 29.8 Å². The van der Waals surface area contributed by atoms with E-state index in [0.29, 0.717) is 0 Å². The predicted octanol–water partition coefficient (Wildman–Crippen LogP) is 9.71. The molecule has 0 bridgehead atoms. The van der Waals surface area contributed by atoms with Crippen LogP contribution >= 0.6 is 54.5 Å². The third-order valence-corrected chi connectivity index (χ3v) is 11.0. The Morgan fingerprint density at radius 1 is 0.615 bits per heavy atom. The fraction of sp³-hybridized carbons (Fsp3) is 0.636. The van der Waals surface area contributed by atoms with Crippen molar-refractivity contribution in [1.29, 1.82) is 0 Å². The number of thiophene rings is 2. The maximum atomic E-state index is 3.89. The first-order chi connectivity index (χ1) is 12.6. The Balaban J connectivity index is 1.83. The summed E-state index contributed by atoms with van der Waals surface area (Å²) >= 11 is 11.8. The van der Waals surface area contributed by atoms with Gasteiger partial charge in [0.25, 0.3) is 0 Å². The summed E-state index contributed by atoms with van der Waals surface area (Å²) in [4.78, 5) is 3.17. The van der Waals surface area contributed by atoms with E-state index < -0.39 is 0 Å². The van der Waals surface area contributed by atoms with Gasteiger partial charge >= 0.3 is 0 Å². The molecular formula is C22H28Br2S2. The smallest absolute Gasteiger partial charge is 0.0737 e. The van der Waals surface area contributed by atoms with Gasteiger partial charge in [-0.05, 0) is 105 Å². The number of rotatable bonds is 3. The highest BCUT2D eigenvalue weighted by atomic mass is 79.9. The molecule has 0 aliphatic heterocycles. The van der Waals surface area contributed by atoms with Crippen molar-refractivity contribution in [3.8, 4) is 9.75 Å². The highest BCUT2D eigenvalue weighted by molar-refractivity contribution is 9.11. The summed E-state index contributed by atoms with van der Waals surface area (Å²) < 4.78 is 2.70. The van der Waals surface area contributed by atoms with Gasteiger partial charge in [-0.1, -0.05) is 38.5 Å². The minimum atomic E-state index is 0.765. The normalized spacial score (nSPS) is 20.0. The third kappa shape index (κ3) is 3.65. The van der Waals surface area contributed by atoms with Crippen LogP contribution in [0.1, 0.15) is 98.3 Å². The quantitative estimate of drug-likeness (QED) is 0.381. The molecule has 2 aliphatic rings. The Labute approximate surface area is 183 Å². The lowest BCUT2D eigenvalue weighted by atomic mass is 9.80. The van der Waals surface area contributed by atoms with E-state index in [0.717, 1.165) is 11.8 Å². The van der Waals surface area contributed by atoms with Crippen molar-refractivity contribution in [2.24, 2.45) is 0 Å². The molecule has 2 aliphatic carbocycles. The van der Waals surface area contributed by atoms with Crippen molar-refractivity contribution in [1.82, 2.24) is 0 Å². The molecule has 4 heteroatoms. The summed E-state index contributed by atoms with van der Waals surface area (Å²) in [5, 5.41) is 0. The molecule has 0 aromatic carbocycles. The summed E-state index contributed by atoms with van der Waals surface area (Å²) in [6.45, 7) is 4.67. The largest absolute Gasteiger partial charge is 0.127 e. The molecule has 0 nitrogen and oxygen atoms in total. The lowest BCUT2D eigenvalue weighted by Crippen LogP contribution is -2.08. The molecule has 0 amide bonds. The van der Waals surface area contributed by atoms with E-state index in [1.54, 1.807) is 20.9 Å². The molecule has 0 saturated heterocycles. The Hall–Kier alpha value is 0.360. The van der Waals surface area contributed by atoms with Crippen LogP contribution in [0.3, 0.4) is 0 Å². The van der Waals surface area contributed by atoms with Crippen LogP contribution in [0.5, 0.6) is 0 Å². The highest BCUT2D eigenvalue weighted by Crippen LogP contribution is 2.54. The van der Waals surface area contributed by atoms with Crippen LogP contribution in [0.15, 0.2) is 7.57 Å². The molecule has 2 heterocycles. The van der Waals surface area contributed by atoms with Gasteiger partial charge in [0.1, 0.15) is 0 Å². The van der Waals surface area contributed by atoms with Gasteiger partial charge in [-0.15, -0.1) is 22.7 Å². The number of hydrogen-bond acceptors (Lipinski definition) is 2. The monoisotopic (exact) mass is 514 g/mol. The van der Waals surface area contributed by atoms with Gasteiger partial charge in [0.15, 0.2) is 0 Å². The molecule has 0 spiro atoms. The average molecular weight is 516 g/mol. The standard InChI is InChI=1S/C22H28Br2S2/c1-13-17(15-9-5-3-6-10-15)19(25-21(13)23)20-18(14(2)22(24)26-20)16-11-7-4-8-12-16/h15-16H,3-12H2,1-2H3. The van der Waals surface area contributed by atoms with E-state index in [4.69, 9.17) is 0 Å². The lowest BCUT2D eigenvalue weighted by molar-refractivity contribution is 0.441. The van der Waals surface area contributed by atoms with Gasteiger partial charge in [0, 0.05) is 9.75 Å². The third-order valence-electron chi connectivity index (χ3n) is 6.50. The fourth-order valence-corrected chi connectivity index (χ4v) is 8.90. The molecule has 0 unspecified atom stereocenters. The minimum absolute atomic E-state index is 0.765. The summed E-state index contributed by atoms with van der Waals surface area (Å²) in [6.07, 6.45) is 14.0. The second kappa shape index (κ2) is 8.39. The predicted molar refractivity (Wildman–Crippen MR) is 124 cm³/mol. The summed E-state index contributed by atoms with van der Waals surface area (Å²) in [5.74, 6) is 1.53. The van der Waals surface area contributed by atoms with Crippen molar-refractivity contribution in [3.63, 3.8) is 0 Å². The van der Waals surface area contributed by atoms with Gasteiger partial charge in [0.05, 0.1) is 7.57 Å². The van der Waals surface area contributed by atoms with Crippen LogP contribution in [-0.4, -0.2) is 0 Å². The first kappa shape index (κ1) is 19.7. The minimum Gasteiger partial charge on any atom is -0.127 e. The van der Waals surface area contributed by atoms with Gasteiger partial charge in [-0.2, -0.15) is 0 Å². The molecule has 4 rings (SSSR count). The summed E-state index contributed by atoms with van der Waals surface area (Å²) in [6, 6.07) is 0.